The molecule has 0 saturated heterocycles. The van der Waals surface area contributed by atoms with Gasteiger partial charge in [-0.2, -0.15) is 4.31 Å². The number of amides is 2. The van der Waals surface area contributed by atoms with Crippen molar-refractivity contribution in [2.45, 2.75) is 38.0 Å². The third-order valence-electron chi connectivity index (χ3n) is 5.27. The van der Waals surface area contributed by atoms with Gasteiger partial charge >= 0.3 is 0 Å². The zero-order valence-electron chi connectivity index (χ0n) is 17.5. The highest BCUT2D eigenvalue weighted by Gasteiger charge is 2.26. The summed E-state index contributed by atoms with van der Waals surface area (Å²) in [6, 6.07) is 12.2. The molecule has 0 radical (unpaired) electrons. The quantitative estimate of drug-likeness (QED) is 0.765. The second kappa shape index (κ2) is 8.97. The van der Waals surface area contributed by atoms with Crippen LogP contribution in [0.2, 0.25) is 0 Å². The second-order valence-electron chi connectivity index (χ2n) is 7.42. The zero-order chi connectivity index (χ0) is 21.9. The highest BCUT2D eigenvalue weighted by Crippen LogP contribution is 2.30. The van der Waals surface area contributed by atoms with E-state index in [1.165, 1.54) is 20.0 Å². The standard InChI is InChI=1S/C22H27N3O4S/c1-4-17-7-9-19(10-8-17)23-22(27)15-24(3)30(28,29)20-11-12-21-18(14-20)6-5-13-25(21)16(2)26/h7-12,14H,4-6,13,15H2,1-3H3,(H,23,27). The molecule has 0 unspecified atom stereocenters. The number of hydrogen-bond donors (Lipinski definition) is 1. The van der Waals surface area contributed by atoms with Crippen molar-refractivity contribution < 1.29 is 18.0 Å². The van der Waals surface area contributed by atoms with E-state index in [4.69, 9.17) is 0 Å². The first-order valence-corrected chi connectivity index (χ1v) is 11.4. The predicted octanol–water partition coefficient (Wildman–Crippen LogP) is 2.81. The molecule has 2 amide bonds. The van der Waals surface area contributed by atoms with Crippen LogP contribution in [0.3, 0.4) is 0 Å². The van der Waals surface area contributed by atoms with Gasteiger partial charge < -0.3 is 10.2 Å². The molecular formula is C22H27N3O4S. The monoisotopic (exact) mass is 429 g/mol. The van der Waals surface area contributed by atoms with E-state index >= 15 is 0 Å². The van der Waals surface area contributed by atoms with Gasteiger partial charge in [0.05, 0.1) is 11.4 Å². The fraction of sp³-hybridized carbons (Fsp3) is 0.364. The van der Waals surface area contributed by atoms with E-state index in [1.54, 1.807) is 29.2 Å². The number of nitrogens with zero attached hydrogens (tertiary/aromatic N) is 2. The Kier molecular flexibility index (Phi) is 6.58. The van der Waals surface area contributed by atoms with Gasteiger partial charge in [-0.15, -0.1) is 0 Å². The fourth-order valence-electron chi connectivity index (χ4n) is 3.55. The minimum atomic E-state index is -3.84. The van der Waals surface area contributed by atoms with Crippen LogP contribution in [0.25, 0.3) is 0 Å². The molecule has 2 aromatic rings. The van der Waals surface area contributed by atoms with Crippen molar-refractivity contribution in [2.24, 2.45) is 0 Å². The maximum Gasteiger partial charge on any atom is 0.243 e. The van der Waals surface area contributed by atoms with Crippen molar-refractivity contribution >= 4 is 33.2 Å². The molecule has 0 bridgehead atoms. The summed E-state index contributed by atoms with van der Waals surface area (Å²) in [6.45, 7) is 3.88. The molecule has 0 fully saturated rings. The Labute approximate surface area is 177 Å². The predicted molar refractivity (Wildman–Crippen MR) is 117 cm³/mol. The number of carbonyl (C=O) groups is 2. The number of sulfonamides is 1. The van der Waals surface area contributed by atoms with Gasteiger partial charge in [0.1, 0.15) is 0 Å². The van der Waals surface area contributed by atoms with E-state index in [-0.39, 0.29) is 17.3 Å². The summed E-state index contributed by atoms with van der Waals surface area (Å²) in [6.07, 6.45) is 2.39. The van der Waals surface area contributed by atoms with E-state index in [9.17, 15) is 18.0 Å². The Balaban J connectivity index is 1.72. The molecule has 0 spiro atoms. The lowest BCUT2D eigenvalue weighted by molar-refractivity contribution is -0.117. The molecule has 0 aromatic heterocycles. The molecule has 8 heteroatoms. The van der Waals surface area contributed by atoms with Crippen molar-refractivity contribution in [3.63, 3.8) is 0 Å². The number of anilines is 2. The summed E-state index contributed by atoms with van der Waals surface area (Å²) in [5, 5.41) is 2.73. The first-order chi connectivity index (χ1) is 14.2. The van der Waals surface area contributed by atoms with Crippen LogP contribution in [0, 0.1) is 0 Å². The molecule has 0 saturated carbocycles. The SMILES string of the molecule is CCc1ccc(NC(=O)CN(C)S(=O)(=O)c2ccc3c(c2)CCCN3C(C)=O)cc1. The first-order valence-electron chi connectivity index (χ1n) is 9.98. The summed E-state index contributed by atoms with van der Waals surface area (Å²) in [4.78, 5) is 25.9. The summed E-state index contributed by atoms with van der Waals surface area (Å²) in [5.41, 5.74) is 3.36. The minimum absolute atomic E-state index is 0.0627. The number of nitrogens with one attached hydrogen (secondary N) is 1. The summed E-state index contributed by atoms with van der Waals surface area (Å²) in [7, 11) is -2.45. The van der Waals surface area contributed by atoms with Crippen molar-refractivity contribution in [3.8, 4) is 0 Å². The van der Waals surface area contributed by atoms with Crippen molar-refractivity contribution in [2.75, 3.05) is 30.4 Å². The van der Waals surface area contributed by atoms with Gasteiger partial charge in [-0.05, 0) is 60.7 Å². The van der Waals surface area contributed by atoms with Gasteiger partial charge in [0.25, 0.3) is 0 Å². The Morgan fingerprint density at radius 3 is 2.47 bits per heavy atom. The third kappa shape index (κ3) is 4.71. The Morgan fingerprint density at radius 1 is 1.13 bits per heavy atom. The number of likely N-dealkylation sites (N-methyl/N-ethyl adjacent to an activating group) is 1. The summed E-state index contributed by atoms with van der Waals surface area (Å²) in [5.74, 6) is -0.474. The Hall–Kier alpha value is -2.71. The molecule has 2 aromatic carbocycles. The van der Waals surface area contributed by atoms with Crippen LogP contribution in [-0.4, -0.2) is 44.7 Å². The lowest BCUT2D eigenvalue weighted by Crippen LogP contribution is -2.36. The van der Waals surface area contributed by atoms with Gasteiger partial charge in [0, 0.05) is 31.9 Å². The van der Waals surface area contributed by atoms with Crippen LogP contribution < -0.4 is 10.2 Å². The number of benzene rings is 2. The number of aryl methyl sites for hydroxylation is 2. The van der Waals surface area contributed by atoms with Gasteiger partial charge in [0.15, 0.2) is 0 Å². The van der Waals surface area contributed by atoms with Crippen molar-refractivity contribution in [1.82, 2.24) is 4.31 Å². The van der Waals surface area contributed by atoms with Crippen molar-refractivity contribution in [3.05, 3.63) is 53.6 Å². The van der Waals surface area contributed by atoms with Crippen LogP contribution in [0.15, 0.2) is 47.4 Å². The number of fused-ring (bicyclic) bond motifs is 1. The van der Waals surface area contributed by atoms with Crippen LogP contribution in [0.1, 0.15) is 31.4 Å². The third-order valence-corrected chi connectivity index (χ3v) is 7.07. The highest BCUT2D eigenvalue weighted by molar-refractivity contribution is 7.89. The van der Waals surface area contributed by atoms with Crippen LogP contribution in [-0.2, 0) is 32.5 Å². The molecule has 30 heavy (non-hydrogen) atoms. The normalized spacial score (nSPS) is 13.8. The van der Waals surface area contributed by atoms with Crippen LogP contribution in [0.4, 0.5) is 11.4 Å². The van der Waals surface area contributed by atoms with E-state index in [1.807, 2.05) is 19.1 Å². The molecule has 160 valence electrons. The van der Waals surface area contributed by atoms with Gasteiger partial charge in [-0.25, -0.2) is 8.42 Å². The average Bonchev–Trinajstić information content (AvgIpc) is 2.73. The number of rotatable bonds is 6. The van der Waals surface area contributed by atoms with Crippen molar-refractivity contribution in [1.29, 1.82) is 0 Å². The lowest BCUT2D eigenvalue weighted by atomic mass is 10.0. The smallest absolute Gasteiger partial charge is 0.243 e. The highest BCUT2D eigenvalue weighted by atomic mass is 32.2. The molecular weight excluding hydrogens is 402 g/mol. The number of hydrogen-bond acceptors (Lipinski definition) is 4. The molecule has 1 heterocycles. The molecule has 0 aliphatic carbocycles. The molecule has 7 nitrogen and oxygen atoms in total. The average molecular weight is 430 g/mol. The van der Waals surface area contributed by atoms with Gasteiger partial charge in [0.2, 0.25) is 21.8 Å². The molecule has 1 aliphatic heterocycles. The van der Waals surface area contributed by atoms with E-state index in [2.05, 4.69) is 5.32 Å². The van der Waals surface area contributed by atoms with Crippen LogP contribution in [0.5, 0.6) is 0 Å². The second-order valence-corrected chi connectivity index (χ2v) is 9.47. The molecule has 1 aliphatic rings. The minimum Gasteiger partial charge on any atom is -0.325 e. The van der Waals surface area contributed by atoms with Crippen LogP contribution >= 0.6 is 0 Å². The number of carbonyl (C=O) groups excluding carboxylic acids is 2. The fourth-order valence-corrected chi connectivity index (χ4v) is 4.73. The zero-order valence-corrected chi connectivity index (χ0v) is 18.3. The van der Waals surface area contributed by atoms with E-state index in [0.717, 1.165) is 34.0 Å². The Bertz CT molecular complexity index is 1050. The van der Waals surface area contributed by atoms with Gasteiger partial charge in [-0.1, -0.05) is 19.1 Å². The molecule has 3 rings (SSSR count). The lowest BCUT2D eigenvalue weighted by Gasteiger charge is -2.29. The molecule has 1 N–H and O–H groups in total. The topological polar surface area (TPSA) is 86.8 Å². The first kappa shape index (κ1) is 22.0. The summed E-state index contributed by atoms with van der Waals surface area (Å²) < 4.78 is 27.0. The summed E-state index contributed by atoms with van der Waals surface area (Å²) >= 11 is 0. The maximum atomic E-state index is 13.0. The van der Waals surface area contributed by atoms with Gasteiger partial charge in [-0.3, -0.25) is 9.59 Å². The maximum absolute atomic E-state index is 13.0. The van der Waals surface area contributed by atoms with E-state index in [0.29, 0.717) is 18.7 Å². The molecule has 0 atom stereocenters. The largest absolute Gasteiger partial charge is 0.325 e. The Morgan fingerprint density at radius 2 is 1.83 bits per heavy atom. The van der Waals surface area contributed by atoms with E-state index < -0.39 is 15.9 Å².